The van der Waals surface area contributed by atoms with Crippen molar-refractivity contribution in [3.63, 3.8) is 0 Å². The number of urea groups is 1. The van der Waals surface area contributed by atoms with E-state index in [1.807, 2.05) is 6.92 Å². The predicted octanol–water partition coefficient (Wildman–Crippen LogP) is 2.81. The Morgan fingerprint density at radius 1 is 1.13 bits per heavy atom. The van der Waals surface area contributed by atoms with Crippen LogP contribution in [0.5, 0.6) is 0 Å². The smallest absolute Gasteiger partial charge is 0.317 e. The lowest BCUT2D eigenvalue weighted by Gasteiger charge is -2.38. The van der Waals surface area contributed by atoms with Crippen LogP contribution in [0.2, 0.25) is 0 Å². The minimum atomic E-state index is -3.00. The van der Waals surface area contributed by atoms with E-state index in [0.717, 1.165) is 0 Å². The van der Waals surface area contributed by atoms with Crippen LogP contribution in [-0.2, 0) is 9.84 Å². The minimum absolute atomic E-state index is 0.0231. The molecular formula is C17H32N2O3S. The second-order valence-electron chi connectivity index (χ2n) is 7.97. The molecule has 1 aliphatic carbocycles. The first-order valence-corrected chi connectivity index (χ1v) is 10.8. The van der Waals surface area contributed by atoms with E-state index in [1.54, 1.807) is 4.90 Å². The van der Waals surface area contributed by atoms with Gasteiger partial charge in [-0.3, -0.25) is 0 Å². The summed E-state index contributed by atoms with van der Waals surface area (Å²) >= 11 is 0. The molecule has 5 nitrogen and oxygen atoms in total. The minimum Gasteiger partial charge on any atom is -0.337 e. The number of nitrogens with one attached hydrogen (secondary N) is 1. The summed E-state index contributed by atoms with van der Waals surface area (Å²) in [6.45, 7) is 7.37. The second kappa shape index (κ2) is 7.41. The maximum Gasteiger partial charge on any atom is 0.317 e. The van der Waals surface area contributed by atoms with E-state index in [0.29, 0.717) is 25.4 Å². The van der Waals surface area contributed by atoms with Crippen LogP contribution in [0.15, 0.2) is 0 Å². The SMILES string of the molecule is CC1CCS(=O)(=O)CCN1C(=O)NCC(C)(C)C1CCCCC1. The lowest BCUT2D eigenvalue weighted by molar-refractivity contribution is 0.142. The highest BCUT2D eigenvalue weighted by Gasteiger charge is 2.33. The highest BCUT2D eigenvalue weighted by atomic mass is 32.2. The third-order valence-electron chi connectivity index (χ3n) is 5.69. The number of hydrogen-bond acceptors (Lipinski definition) is 3. The third-order valence-corrected chi connectivity index (χ3v) is 7.35. The van der Waals surface area contributed by atoms with Gasteiger partial charge in [0.2, 0.25) is 0 Å². The van der Waals surface area contributed by atoms with Gasteiger partial charge in [0.15, 0.2) is 9.84 Å². The molecule has 1 unspecified atom stereocenters. The van der Waals surface area contributed by atoms with Gasteiger partial charge in [0.05, 0.1) is 11.5 Å². The lowest BCUT2D eigenvalue weighted by atomic mass is 9.71. The highest BCUT2D eigenvalue weighted by Crippen LogP contribution is 2.37. The Bertz CT molecular complexity index is 510. The molecule has 0 aromatic rings. The van der Waals surface area contributed by atoms with Crippen molar-refractivity contribution in [1.29, 1.82) is 0 Å². The van der Waals surface area contributed by atoms with Crippen LogP contribution in [0.4, 0.5) is 4.79 Å². The van der Waals surface area contributed by atoms with Gasteiger partial charge in [-0.1, -0.05) is 33.1 Å². The molecule has 0 spiro atoms. The molecule has 0 aromatic heterocycles. The second-order valence-corrected chi connectivity index (χ2v) is 10.3. The quantitative estimate of drug-likeness (QED) is 0.856. The summed E-state index contributed by atoms with van der Waals surface area (Å²) in [6, 6.07) is -0.136. The van der Waals surface area contributed by atoms with Gasteiger partial charge < -0.3 is 10.2 Å². The zero-order valence-electron chi connectivity index (χ0n) is 14.8. The van der Waals surface area contributed by atoms with E-state index in [1.165, 1.54) is 32.1 Å². The standard InChI is InChI=1S/C17H32N2O3S/c1-14-9-11-23(21,22)12-10-19(14)16(20)18-13-17(2,3)15-7-5-4-6-8-15/h14-15H,4-13H2,1-3H3,(H,18,20). The van der Waals surface area contributed by atoms with Gasteiger partial charge >= 0.3 is 6.03 Å². The molecule has 0 bridgehead atoms. The summed E-state index contributed by atoms with van der Waals surface area (Å²) in [5.74, 6) is 0.931. The summed E-state index contributed by atoms with van der Waals surface area (Å²) in [5, 5.41) is 3.07. The summed E-state index contributed by atoms with van der Waals surface area (Å²) in [7, 11) is -3.00. The summed E-state index contributed by atoms with van der Waals surface area (Å²) < 4.78 is 23.5. The lowest BCUT2D eigenvalue weighted by Crippen LogP contribution is -2.49. The van der Waals surface area contributed by atoms with Crippen molar-refractivity contribution in [1.82, 2.24) is 10.2 Å². The molecule has 134 valence electrons. The summed E-state index contributed by atoms with van der Waals surface area (Å²) in [6.07, 6.45) is 6.95. The number of carbonyl (C=O) groups is 1. The molecular weight excluding hydrogens is 312 g/mol. The zero-order valence-corrected chi connectivity index (χ0v) is 15.6. The summed E-state index contributed by atoms with van der Waals surface area (Å²) in [4.78, 5) is 14.2. The van der Waals surface area contributed by atoms with E-state index in [-0.39, 0.29) is 29.0 Å². The number of hydrogen-bond donors (Lipinski definition) is 1. The van der Waals surface area contributed by atoms with Crippen molar-refractivity contribution in [2.45, 2.75) is 65.3 Å². The van der Waals surface area contributed by atoms with Gasteiger partial charge in [-0.2, -0.15) is 0 Å². The number of rotatable bonds is 3. The topological polar surface area (TPSA) is 66.5 Å². The fourth-order valence-electron chi connectivity index (χ4n) is 3.80. The number of amides is 2. The van der Waals surface area contributed by atoms with E-state index in [2.05, 4.69) is 19.2 Å². The van der Waals surface area contributed by atoms with Crippen LogP contribution in [0, 0.1) is 11.3 Å². The monoisotopic (exact) mass is 344 g/mol. The van der Waals surface area contributed by atoms with Gasteiger partial charge in [0.25, 0.3) is 0 Å². The van der Waals surface area contributed by atoms with Crippen LogP contribution in [0.3, 0.4) is 0 Å². The van der Waals surface area contributed by atoms with E-state index in [9.17, 15) is 13.2 Å². The number of nitrogens with zero attached hydrogens (tertiary/aromatic N) is 1. The van der Waals surface area contributed by atoms with Crippen molar-refractivity contribution in [2.75, 3.05) is 24.6 Å². The fourth-order valence-corrected chi connectivity index (χ4v) is 5.18. The van der Waals surface area contributed by atoms with Crippen molar-refractivity contribution in [3.05, 3.63) is 0 Å². The molecule has 2 aliphatic rings. The van der Waals surface area contributed by atoms with Crippen LogP contribution < -0.4 is 5.32 Å². The van der Waals surface area contributed by atoms with Gasteiger partial charge in [0, 0.05) is 19.1 Å². The van der Waals surface area contributed by atoms with Crippen LogP contribution in [0.25, 0.3) is 0 Å². The maximum absolute atomic E-state index is 12.5. The van der Waals surface area contributed by atoms with Gasteiger partial charge in [-0.25, -0.2) is 13.2 Å². The first-order chi connectivity index (χ1) is 10.7. The molecule has 0 aromatic carbocycles. The van der Waals surface area contributed by atoms with Gasteiger partial charge in [-0.15, -0.1) is 0 Å². The van der Waals surface area contributed by atoms with E-state index >= 15 is 0 Å². The molecule has 1 saturated carbocycles. The van der Waals surface area contributed by atoms with Crippen molar-refractivity contribution >= 4 is 15.9 Å². The highest BCUT2D eigenvalue weighted by molar-refractivity contribution is 7.91. The number of sulfone groups is 1. The number of carbonyl (C=O) groups excluding carboxylic acids is 1. The first kappa shape index (κ1) is 18.6. The molecule has 23 heavy (non-hydrogen) atoms. The third kappa shape index (κ3) is 5.10. The normalized spacial score (nSPS) is 26.6. The maximum atomic E-state index is 12.5. The Hall–Kier alpha value is -0.780. The molecule has 1 atom stereocenters. The van der Waals surface area contributed by atoms with Crippen molar-refractivity contribution in [3.8, 4) is 0 Å². The average Bonchev–Trinajstić information content (AvgIpc) is 2.65. The Labute approximate surface area is 141 Å². The van der Waals surface area contributed by atoms with E-state index < -0.39 is 9.84 Å². The van der Waals surface area contributed by atoms with Crippen molar-refractivity contribution in [2.24, 2.45) is 11.3 Å². The largest absolute Gasteiger partial charge is 0.337 e. The molecule has 2 amide bonds. The first-order valence-electron chi connectivity index (χ1n) is 8.96. The Kier molecular flexibility index (Phi) is 5.98. The molecule has 1 aliphatic heterocycles. The Morgan fingerprint density at radius 3 is 2.43 bits per heavy atom. The predicted molar refractivity (Wildman–Crippen MR) is 93.2 cm³/mol. The Balaban J connectivity index is 1.90. The molecule has 6 heteroatoms. The molecule has 0 radical (unpaired) electrons. The fraction of sp³-hybridized carbons (Fsp3) is 0.941. The molecule has 1 N–H and O–H groups in total. The zero-order chi connectivity index (χ0) is 17.1. The Morgan fingerprint density at radius 2 is 1.78 bits per heavy atom. The summed E-state index contributed by atoms with van der Waals surface area (Å²) in [5.41, 5.74) is 0.0945. The van der Waals surface area contributed by atoms with Gasteiger partial charge in [-0.05, 0) is 37.5 Å². The molecule has 2 rings (SSSR count). The van der Waals surface area contributed by atoms with Crippen LogP contribution >= 0.6 is 0 Å². The van der Waals surface area contributed by atoms with Crippen LogP contribution in [-0.4, -0.2) is 50.0 Å². The molecule has 1 saturated heterocycles. The van der Waals surface area contributed by atoms with Crippen molar-refractivity contribution < 1.29 is 13.2 Å². The average molecular weight is 345 g/mol. The van der Waals surface area contributed by atoms with Gasteiger partial charge in [0.1, 0.15) is 0 Å². The van der Waals surface area contributed by atoms with Crippen LogP contribution in [0.1, 0.15) is 59.3 Å². The molecule has 2 fully saturated rings. The molecule has 1 heterocycles. The van der Waals surface area contributed by atoms with E-state index in [4.69, 9.17) is 0 Å².